The second-order valence-electron chi connectivity index (χ2n) is 5.56. The van der Waals surface area contributed by atoms with Crippen LogP contribution in [0.15, 0.2) is 24.4 Å². The van der Waals surface area contributed by atoms with E-state index in [1.807, 2.05) is 0 Å². The van der Waals surface area contributed by atoms with Gasteiger partial charge in [-0.1, -0.05) is 11.6 Å². The monoisotopic (exact) mass is 385 g/mol. The molecule has 0 bridgehead atoms. The molecule has 26 heavy (non-hydrogen) atoms. The maximum atomic E-state index is 13.9. The Morgan fingerprint density at radius 1 is 1.23 bits per heavy atom. The molecular formula is C17H14ClF2NO5. The van der Waals surface area contributed by atoms with Crippen molar-refractivity contribution in [2.75, 3.05) is 13.2 Å². The van der Waals surface area contributed by atoms with Crippen LogP contribution in [0.1, 0.15) is 23.2 Å². The van der Waals surface area contributed by atoms with Crippen LogP contribution in [0.2, 0.25) is 5.02 Å². The molecule has 1 aromatic heterocycles. The molecule has 6 nitrogen and oxygen atoms in total. The highest BCUT2D eigenvalue weighted by Crippen LogP contribution is 2.32. The molecule has 9 heteroatoms. The topological polar surface area (TPSA) is 77.9 Å². The van der Waals surface area contributed by atoms with Gasteiger partial charge in [0.1, 0.15) is 22.7 Å². The summed E-state index contributed by atoms with van der Waals surface area (Å²) < 4.78 is 43.8. The summed E-state index contributed by atoms with van der Waals surface area (Å²) in [6.07, 6.45) is 2.63. The normalized spacial score (nSPS) is 14.9. The fourth-order valence-electron chi connectivity index (χ4n) is 2.40. The van der Waals surface area contributed by atoms with Crippen LogP contribution in [0.3, 0.4) is 0 Å². The van der Waals surface area contributed by atoms with Gasteiger partial charge in [0.25, 0.3) is 0 Å². The van der Waals surface area contributed by atoms with E-state index in [-0.39, 0.29) is 22.8 Å². The zero-order chi connectivity index (χ0) is 18.7. The van der Waals surface area contributed by atoms with Gasteiger partial charge >= 0.3 is 5.97 Å². The van der Waals surface area contributed by atoms with E-state index < -0.39 is 28.9 Å². The van der Waals surface area contributed by atoms with Crippen molar-refractivity contribution in [3.63, 3.8) is 0 Å². The number of rotatable bonds is 5. The first kappa shape index (κ1) is 18.3. The van der Waals surface area contributed by atoms with Crippen LogP contribution >= 0.6 is 11.6 Å². The van der Waals surface area contributed by atoms with Crippen molar-refractivity contribution >= 4 is 17.6 Å². The molecule has 0 saturated carbocycles. The molecule has 0 atom stereocenters. The Morgan fingerprint density at radius 2 is 1.96 bits per heavy atom. The van der Waals surface area contributed by atoms with E-state index >= 15 is 0 Å². The summed E-state index contributed by atoms with van der Waals surface area (Å²) in [5.41, 5.74) is -0.786. The van der Waals surface area contributed by atoms with Crippen LogP contribution in [0.5, 0.6) is 17.4 Å². The minimum atomic E-state index is -1.58. The smallest absolute Gasteiger partial charge is 0.338 e. The van der Waals surface area contributed by atoms with E-state index in [9.17, 15) is 13.6 Å². The summed E-state index contributed by atoms with van der Waals surface area (Å²) in [4.78, 5) is 14.8. The number of ether oxygens (including phenoxy) is 3. The van der Waals surface area contributed by atoms with Crippen molar-refractivity contribution in [3.05, 3.63) is 46.6 Å². The average Bonchev–Trinajstić information content (AvgIpc) is 2.61. The molecular weight excluding hydrogens is 372 g/mol. The Labute approximate surface area is 152 Å². The Kier molecular flexibility index (Phi) is 5.53. The molecule has 2 heterocycles. The largest absolute Gasteiger partial charge is 0.478 e. The fourth-order valence-corrected chi connectivity index (χ4v) is 2.60. The molecule has 1 aliphatic rings. The number of aromatic carboxylic acids is 1. The standard InChI is InChI=1S/C17H14ClF2NO5/c18-12-5-10(8-21-16(12)26-9-1-3-24-4-2-9)25-15-7-13(19)11(17(22)23)6-14(15)20/h5-9H,1-4H2,(H,22,23). The number of carbonyl (C=O) groups is 1. The van der Waals surface area contributed by atoms with E-state index in [1.165, 1.54) is 12.3 Å². The summed E-state index contributed by atoms with van der Waals surface area (Å²) in [5, 5.41) is 8.93. The highest BCUT2D eigenvalue weighted by atomic mass is 35.5. The van der Waals surface area contributed by atoms with Gasteiger partial charge in [-0.15, -0.1) is 0 Å². The fraction of sp³-hybridized carbons (Fsp3) is 0.294. The average molecular weight is 386 g/mol. The number of hydrogen-bond donors (Lipinski definition) is 1. The predicted molar refractivity (Wildman–Crippen MR) is 87.1 cm³/mol. The third kappa shape index (κ3) is 4.20. The molecule has 0 amide bonds. The van der Waals surface area contributed by atoms with Gasteiger partial charge in [-0.3, -0.25) is 0 Å². The van der Waals surface area contributed by atoms with Crippen LogP contribution < -0.4 is 9.47 Å². The van der Waals surface area contributed by atoms with Gasteiger partial charge in [0.15, 0.2) is 11.6 Å². The van der Waals surface area contributed by atoms with Crippen molar-refractivity contribution < 1.29 is 32.9 Å². The number of aromatic nitrogens is 1. The number of halogens is 3. The second-order valence-corrected chi connectivity index (χ2v) is 5.96. The van der Waals surface area contributed by atoms with E-state index in [4.69, 9.17) is 30.9 Å². The van der Waals surface area contributed by atoms with Gasteiger partial charge in [0, 0.05) is 25.0 Å². The molecule has 0 aliphatic carbocycles. The Bertz CT molecular complexity index is 827. The maximum Gasteiger partial charge on any atom is 0.338 e. The number of nitrogens with zero attached hydrogens (tertiary/aromatic N) is 1. The van der Waals surface area contributed by atoms with Crippen molar-refractivity contribution in [2.45, 2.75) is 18.9 Å². The highest BCUT2D eigenvalue weighted by molar-refractivity contribution is 6.31. The van der Waals surface area contributed by atoms with E-state index in [1.54, 1.807) is 0 Å². The molecule has 1 aromatic carbocycles. The van der Waals surface area contributed by atoms with Crippen LogP contribution in [-0.4, -0.2) is 35.4 Å². The van der Waals surface area contributed by atoms with Crippen molar-refractivity contribution in [1.82, 2.24) is 4.98 Å². The molecule has 0 unspecified atom stereocenters. The van der Waals surface area contributed by atoms with Gasteiger partial charge in [-0.2, -0.15) is 0 Å². The minimum absolute atomic E-state index is 0.0516. The summed E-state index contributed by atoms with van der Waals surface area (Å²) in [6, 6.07) is 2.55. The number of hydrogen-bond acceptors (Lipinski definition) is 5. The molecule has 138 valence electrons. The third-order valence-corrected chi connectivity index (χ3v) is 3.98. The van der Waals surface area contributed by atoms with E-state index in [0.717, 1.165) is 12.8 Å². The van der Waals surface area contributed by atoms with Crippen LogP contribution in [0.25, 0.3) is 0 Å². The first-order valence-corrected chi connectivity index (χ1v) is 8.12. The minimum Gasteiger partial charge on any atom is -0.478 e. The zero-order valence-electron chi connectivity index (χ0n) is 13.4. The predicted octanol–water partition coefficient (Wildman–Crippen LogP) is 4.06. The lowest BCUT2D eigenvalue weighted by atomic mass is 10.1. The Morgan fingerprint density at radius 3 is 2.62 bits per heavy atom. The molecule has 0 radical (unpaired) electrons. The number of pyridine rings is 1. The number of carboxylic acids is 1. The number of carboxylic acid groups (broad SMARTS) is 1. The summed E-state index contributed by atoms with van der Waals surface area (Å²) in [6.45, 7) is 1.20. The quantitative estimate of drug-likeness (QED) is 0.836. The van der Waals surface area contributed by atoms with Gasteiger partial charge in [0.2, 0.25) is 5.88 Å². The van der Waals surface area contributed by atoms with Crippen LogP contribution in [0, 0.1) is 11.6 Å². The summed E-state index contributed by atoms with van der Waals surface area (Å²) >= 11 is 6.11. The van der Waals surface area contributed by atoms with Gasteiger partial charge in [-0.05, 0) is 6.07 Å². The lowest BCUT2D eigenvalue weighted by Crippen LogP contribution is -2.26. The first-order chi connectivity index (χ1) is 12.4. The maximum absolute atomic E-state index is 13.9. The van der Waals surface area contributed by atoms with Crippen molar-refractivity contribution in [3.8, 4) is 17.4 Å². The number of benzene rings is 1. The van der Waals surface area contributed by atoms with Crippen LogP contribution in [-0.2, 0) is 4.74 Å². The zero-order valence-corrected chi connectivity index (χ0v) is 14.1. The SMILES string of the molecule is O=C(O)c1cc(F)c(Oc2cnc(OC3CCOCC3)c(Cl)c2)cc1F. The molecule has 3 rings (SSSR count). The summed E-state index contributed by atoms with van der Waals surface area (Å²) in [7, 11) is 0. The van der Waals surface area contributed by atoms with Gasteiger partial charge in [-0.25, -0.2) is 18.6 Å². The summed E-state index contributed by atoms with van der Waals surface area (Å²) in [5.74, 6) is -3.94. The Balaban J connectivity index is 1.75. The van der Waals surface area contributed by atoms with Gasteiger partial charge in [0.05, 0.1) is 25.0 Å². The molecule has 1 aliphatic heterocycles. The van der Waals surface area contributed by atoms with E-state index in [0.29, 0.717) is 25.3 Å². The molecule has 0 spiro atoms. The van der Waals surface area contributed by atoms with E-state index in [2.05, 4.69) is 4.98 Å². The second kappa shape index (κ2) is 7.84. The molecule has 2 aromatic rings. The highest BCUT2D eigenvalue weighted by Gasteiger charge is 2.19. The first-order valence-electron chi connectivity index (χ1n) is 7.74. The van der Waals surface area contributed by atoms with Gasteiger partial charge < -0.3 is 19.3 Å². The molecule has 1 fully saturated rings. The van der Waals surface area contributed by atoms with Crippen molar-refractivity contribution in [2.24, 2.45) is 0 Å². The molecule has 1 saturated heterocycles. The molecule has 1 N–H and O–H groups in total. The Hall–Kier alpha value is -2.45. The lowest BCUT2D eigenvalue weighted by Gasteiger charge is -2.23. The van der Waals surface area contributed by atoms with Crippen molar-refractivity contribution in [1.29, 1.82) is 0 Å². The lowest BCUT2D eigenvalue weighted by molar-refractivity contribution is 0.0237. The van der Waals surface area contributed by atoms with Crippen LogP contribution in [0.4, 0.5) is 8.78 Å². The third-order valence-electron chi connectivity index (χ3n) is 3.71.